The molecule has 0 aliphatic carbocycles. The number of carbonyl (C=O) groups is 3. The number of aryl methyl sites for hydroxylation is 2. The van der Waals surface area contributed by atoms with E-state index in [9.17, 15) is 23.9 Å². The van der Waals surface area contributed by atoms with Crippen molar-refractivity contribution in [2.45, 2.75) is 57.3 Å². The van der Waals surface area contributed by atoms with Crippen LogP contribution in [0.25, 0.3) is 0 Å². The molecule has 2 unspecified atom stereocenters. The third kappa shape index (κ3) is 10.6. The molecule has 0 fully saturated rings. The van der Waals surface area contributed by atoms with E-state index in [1.807, 2.05) is 47.4 Å². The predicted octanol–water partition coefficient (Wildman–Crippen LogP) is 3.98. The lowest BCUT2D eigenvalue weighted by molar-refractivity contribution is -0.143. The van der Waals surface area contributed by atoms with Gasteiger partial charge in [0.25, 0.3) is 0 Å². The summed E-state index contributed by atoms with van der Waals surface area (Å²) in [7, 11) is 2.68. The first-order valence-electron chi connectivity index (χ1n) is 14.2. The number of nitrogens with zero attached hydrogens (tertiary/aromatic N) is 3. The van der Waals surface area contributed by atoms with Crippen molar-refractivity contribution in [2.75, 3.05) is 51.9 Å². The summed E-state index contributed by atoms with van der Waals surface area (Å²) in [4.78, 5) is 44.2. The number of carbonyl (C=O) groups excluding carboxylic acids is 2. The number of nitrogens with one attached hydrogen (secondary N) is 1. The fraction of sp³-hybridized carbons (Fsp3) is 0.533. The van der Waals surface area contributed by atoms with Gasteiger partial charge in [0.2, 0.25) is 0 Å². The van der Waals surface area contributed by atoms with Crippen molar-refractivity contribution < 1.29 is 38.1 Å². The van der Waals surface area contributed by atoms with Gasteiger partial charge >= 0.3 is 18.2 Å². The number of methoxy groups -OCH3 is 2. The standard InChI is InChI=1S/C30H41FN4O7/c1-40-21-24(31)19-34(16-7-6-12-25-14-13-23-11-8-17-35(30(38)39)27(23)32-25)18-15-26(28(36)41-2)33-29(37)42-20-22-9-4-3-5-10-22/h3-5,9-10,13-14,24,26H,6-8,11-12,15-21H2,1-2H3,(H,33,37)(H,38,39). The minimum atomic E-state index is -1.22. The summed E-state index contributed by atoms with van der Waals surface area (Å²) in [6.07, 6.45) is 0.919. The molecular weight excluding hydrogens is 547 g/mol. The highest BCUT2D eigenvalue weighted by Gasteiger charge is 2.25. The van der Waals surface area contributed by atoms with E-state index in [1.54, 1.807) is 0 Å². The molecule has 0 bridgehead atoms. The molecule has 1 aliphatic rings. The van der Waals surface area contributed by atoms with Crippen molar-refractivity contribution in [1.82, 2.24) is 15.2 Å². The first kappa shape index (κ1) is 32.7. The van der Waals surface area contributed by atoms with Crippen molar-refractivity contribution >= 4 is 24.0 Å². The molecular formula is C30H41FN4O7. The average molecular weight is 589 g/mol. The van der Waals surface area contributed by atoms with Gasteiger partial charge in [-0.1, -0.05) is 36.4 Å². The fourth-order valence-electron chi connectivity index (χ4n) is 4.86. The number of ether oxygens (including phenoxy) is 3. The Balaban J connectivity index is 1.53. The Kier molecular flexibility index (Phi) is 13.4. The number of esters is 1. The summed E-state index contributed by atoms with van der Waals surface area (Å²) in [6, 6.07) is 12.1. The zero-order valence-corrected chi connectivity index (χ0v) is 24.3. The van der Waals surface area contributed by atoms with Crippen LogP contribution < -0.4 is 10.2 Å². The van der Waals surface area contributed by atoms with Crippen LogP contribution in [0, 0.1) is 0 Å². The van der Waals surface area contributed by atoms with E-state index in [0.29, 0.717) is 31.9 Å². The molecule has 42 heavy (non-hydrogen) atoms. The molecule has 2 amide bonds. The highest BCUT2D eigenvalue weighted by molar-refractivity contribution is 5.86. The number of alkyl halides is 1. The van der Waals surface area contributed by atoms with Crippen molar-refractivity contribution in [2.24, 2.45) is 0 Å². The number of hydrogen-bond acceptors (Lipinski definition) is 8. The first-order chi connectivity index (χ1) is 20.3. The normalized spacial score (nSPS) is 14.1. The fourth-order valence-corrected chi connectivity index (χ4v) is 4.86. The molecule has 2 heterocycles. The lowest BCUT2D eigenvalue weighted by atomic mass is 10.0. The maximum atomic E-state index is 14.5. The Bertz CT molecular complexity index is 1150. The average Bonchev–Trinajstić information content (AvgIpc) is 2.99. The molecule has 0 spiro atoms. The molecule has 1 aromatic heterocycles. The SMILES string of the molecule is COCC(F)CN(CCCCc1ccc2c(n1)N(C(=O)O)CCC2)CCC(NC(=O)OCc1ccccc1)C(=O)OC. The Morgan fingerprint density at radius 3 is 2.62 bits per heavy atom. The number of pyridine rings is 1. The van der Waals surface area contributed by atoms with E-state index in [-0.39, 0.29) is 26.2 Å². The van der Waals surface area contributed by atoms with Gasteiger partial charge in [0, 0.05) is 32.4 Å². The molecule has 2 aromatic rings. The molecule has 0 saturated carbocycles. The van der Waals surface area contributed by atoms with Gasteiger partial charge in [-0.3, -0.25) is 4.90 Å². The second-order valence-electron chi connectivity index (χ2n) is 10.2. The molecule has 3 rings (SSSR count). The van der Waals surface area contributed by atoms with E-state index in [2.05, 4.69) is 10.3 Å². The van der Waals surface area contributed by atoms with Gasteiger partial charge < -0.3 is 29.5 Å². The largest absolute Gasteiger partial charge is 0.467 e. The summed E-state index contributed by atoms with van der Waals surface area (Å²) < 4.78 is 29.6. The minimum Gasteiger partial charge on any atom is -0.467 e. The molecule has 1 aromatic carbocycles. The summed E-state index contributed by atoms with van der Waals surface area (Å²) in [5.41, 5.74) is 2.55. The van der Waals surface area contributed by atoms with Crippen LogP contribution in [0.15, 0.2) is 42.5 Å². The molecule has 12 heteroatoms. The minimum absolute atomic E-state index is 0.0554. The van der Waals surface area contributed by atoms with Crippen LogP contribution in [-0.4, -0.2) is 92.4 Å². The topological polar surface area (TPSA) is 131 Å². The van der Waals surface area contributed by atoms with Crippen LogP contribution in [0.5, 0.6) is 0 Å². The van der Waals surface area contributed by atoms with Gasteiger partial charge in [0.15, 0.2) is 0 Å². The van der Waals surface area contributed by atoms with E-state index >= 15 is 0 Å². The smallest absolute Gasteiger partial charge is 0.413 e. The van der Waals surface area contributed by atoms with Gasteiger partial charge in [-0.25, -0.2) is 23.8 Å². The number of alkyl carbamates (subject to hydrolysis) is 1. The zero-order chi connectivity index (χ0) is 30.3. The van der Waals surface area contributed by atoms with Gasteiger partial charge in [-0.2, -0.15) is 0 Å². The van der Waals surface area contributed by atoms with Crippen LogP contribution >= 0.6 is 0 Å². The highest BCUT2D eigenvalue weighted by atomic mass is 19.1. The lowest BCUT2D eigenvalue weighted by Crippen LogP contribution is -2.45. The van der Waals surface area contributed by atoms with Crippen LogP contribution in [0.4, 0.5) is 19.8 Å². The number of benzene rings is 1. The Labute approximate surface area is 245 Å². The lowest BCUT2D eigenvalue weighted by Gasteiger charge is -2.26. The molecule has 11 nitrogen and oxygen atoms in total. The molecule has 2 atom stereocenters. The third-order valence-electron chi connectivity index (χ3n) is 7.01. The van der Waals surface area contributed by atoms with Crippen LogP contribution in [0.2, 0.25) is 0 Å². The summed E-state index contributed by atoms with van der Waals surface area (Å²) in [5.74, 6) is -0.106. The maximum absolute atomic E-state index is 14.5. The number of hydrogen-bond donors (Lipinski definition) is 2. The number of carboxylic acid groups (broad SMARTS) is 1. The number of anilines is 1. The van der Waals surface area contributed by atoms with Crippen molar-refractivity contribution in [3.8, 4) is 0 Å². The number of amides is 2. The van der Waals surface area contributed by atoms with Crippen molar-refractivity contribution in [3.05, 3.63) is 59.3 Å². The Morgan fingerprint density at radius 1 is 1.12 bits per heavy atom. The van der Waals surface area contributed by atoms with Gasteiger partial charge in [-0.15, -0.1) is 0 Å². The molecule has 0 radical (unpaired) electrons. The summed E-state index contributed by atoms with van der Waals surface area (Å²) >= 11 is 0. The van der Waals surface area contributed by atoms with Crippen molar-refractivity contribution in [3.63, 3.8) is 0 Å². The zero-order valence-electron chi connectivity index (χ0n) is 24.3. The molecule has 2 N–H and O–H groups in total. The summed E-state index contributed by atoms with van der Waals surface area (Å²) in [5, 5.41) is 12.1. The quantitative estimate of drug-likeness (QED) is 0.221. The van der Waals surface area contributed by atoms with E-state index in [4.69, 9.17) is 14.2 Å². The maximum Gasteiger partial charge on any atom is 0.413 e. The van der Waals surface area contributed by atoms with E-state index < -0.39 is 30.4 Å². The molecule has 1 aliphatic heterocycles. The monoisotopic (exact) mass is 588 g/mol. The first-order valence-corrected chi connectivity index (χ1v) is 14.2. The van der Waals surface area contributed by atoms with Crippen LogP contribution in [0.1, 0.15) is 42.5 Å². The van der Waals surface area contributed by atoms with Crippen LogP contribution in [0.3, 0.4) is 0 Å². The van der Waals surface area contributed by atoms with Crippen molar-refractivity contribution in [1.29, 1.82) is 0 Å². The van der Waals surface area contributed by atoms with E-state index in [1.165, 1.54) is 19.1 Å². The van der Waals surface area contributed by atoms with E-state index in [0.717, 1.165) is 42.5 Å². The second kappa shape index (κ2) is 17.2. The number of unbranched alkanes of at least 4 members (excludes halogenated alkanes) is 1. The summed E-state index contributed by atoms with van der Waals surface area (Å²) in [6.45, 7) is 1.41. The Hall–Kier alpha value is -3.77. The number of halogens is 1. The molecule has 230 valence electrons. The van der Waals surface area contributed by atoms with Gasteiger partial charge in [0.05, 0.1) is 13.7 Å². The second-order valence-corrected chi connectivity index (χ2v) is 10.2. The highest BCUT2D eigenvalue weighted by Crippen LogP contribution is 2.25. The number of fused-ring (bicyclic) bond motifs is 1. The van der Waals surface area contributed by atoms with Gasteiger partial charge in [0.1, 0.15) is 24.6 Å². The van der Waals surface area contributed by atoms with Gasteiger partial charge in [-0.05, 0) is 62.3 Å². The van der Waals surface area contributed by atoms with Crippen LogP contribution in [-0.2, 0) is 38.5 Å². The Morgan fingerprint density at radius 2 is 1.90 bits per heavy atom. The third-order valence-corrected chi connectivity index (χ3v) is 7.01. The predicted molar refractivity (Wildman–Crippen MR) is 154 cm³/mol. The molecule has 0 saturated heterocycles. The number of aromatic nitrogens is 1. The number of rotatable bonds is 16.